The Labute approximate surface area is 103 Å². The molecule has 1 aliphatic carbocycles. The highest BCUT2D eigenvalue weighted by molar-refractivity contribution is 7.98. The van der Waals surface area contributed by atoms with Crippen LogP contribution in [0.2, 0.25) is 0 Å². The molecule has 90 valence electrons. The van der Waals surface area contributed by atoms with E-state index in [0.29, 0.717) is 0 Å². The molecule has 1 unspecified atom stereocenters. The summed E-state index contributed by atoms with van der Waals surface area (Å²) < 4.78 is 2.43. The van der Waals surface area contributed by atoms with Gasteiger partial charge in [-0.3, -0.25) is 0 Å². The van der Waals surface area contributed by atoms with Crippen molar-refractivity contribution in [1.29, 1.82) is 0 Å². The van der Waals surface area contributed by atoms with Gasteiger partial charge in [-0.1, -0.05) is 0 Å². The summed E-state index contributed by atoms with van der Waals surface area (Å²) in [6, 6.07) is 2.52. The van der Waals surface area contributed by atoms with Crippen LogP contribution in [0.4, 0.5) is 0 Å². The number of hydrogen-bond acceptors (Lipinski definition) is 2. The predicted molar refractivity (Wildman–Crippen MR) is 71.9 cm³/mol. The smallest absolute Gasteiger partial charge is 0.0312 e. The summed E-state index contributed by atoms with van der Waals surface area (Å²) in [6.07, 6.45) is 10.6. The second kappa shape index (κ2) is 5.78. The monoisotopic (exact) mass is 238 g/mol. The Balaban J connectivity index is 1.95. The molecule has 2 rings (SSSR count). The Morgan fingerprint density at radius 3 is 3.19 bits per heavy atom. The molecule has 1 aliphatic rings. The zero-order valence-corrected chi connectivity index (χ0v) is 10.9. The maximum Gasteiger partial charge on any atom is 0.0312 e. The molecular formula is C13H22N2S. The lowest BCUT2D eigenvalue weighted by molar-refractivity contribution is 0.530. The summed E-state index contributed by atoms with van der Waals surface area (Å²) in [5.74, 6) is 1.28. The first kappa shape index (κ1) is 12.1. The Kier molecular flexibility index (Phi) is 4.36. The number of rotatable bonds is 5. The Hall–Kier alpha value is -0.410. The van der Waals surface area contributed by atoms with Crippen LogP contribution in [0.1, 0.15) is 43.0 Å². The van der Waals surface area contributed by atoms with E-state index in [9.17, 15) is 0 Å². The quantitative estimate of drug-likeness (QED) is 0.800. The molecule has 0 radical (unpaired) electrons. The average molecular weight is 238 g/mol. The molecule has 16 heavy (non-hydrogen) atoms. The van der Waals surface area contributed by atoms with Crippen molar-refractivity contribution in [2.45, 2.75) is 44.7 Å². The molecular weight excluding hydrogens is 216 g/mol. The lowest BCUT2D eigenvalue weighted by Gasteiger charge is -2.20. The average Bonchev–Trinajstić information content (AvgIpc) is 2.70. The van der Waals surface area contributed by atoms with E-state index in [4.69, 9.17) is 5.73 Å². The number of fused-ring (bicyclic) bond motifs is 1. The van der Waals surface area contributed by atoms with Gasteiger partial charge in [0.2, 0.25) is 0 Å². The highest BCUT2D eigenvalue weighted by Crippen LogP contribution is 2.28. The van der Waals surface area contributed by atoms with Crippen molar-refractivity contribution >= 4 is 11.8 Å². The minimum atomic E-state index is 0.288. The second-order valence-electron chi connectivity index (χ2n) is 4.61. The van der Waals surface area contributed by atoms with Crippen LogP contribution in [-0.4, -0.2) is 16.6 Å². The fourth-order valence-electron chi connectivity index (χ4n) is 2.53. The van der Waals surface area contributed by atoms with Gasteiger partial charge in [-0.25, -0.2) is 0 Å². The summed E-state index contributed by atoms with van der Waals surface area (Å²) in [5.41, 5.74) is 9.02. The molecule has 1 aromatic heterocycles. The van der Waals surface area contributed by atoms with Gasteiger partial charge in [-0.05, 0) is 55.7 Å². The molecule has 0 spiro atoms. The van der Waals surface area contributed by atoms with E-state index in [0.717, 1.165) is 6.42 Å². The number of thioether (sulfide) groups is 1. The summed E-state index contributed by atoms with van der Waals surface area (Å²) >= 11 is 1.94. The lowest BCUT2D eigenvalue weighted by atomic mass is 9.94. The maximum absolute atomic E-state index is 6.12. The summed E-state index contributed by atoms with van der Waals surface area (Å²) in [6.45, 7) is 1.17. The topological polar surface area (TPSA) is 30.9 Å². The number of nitrogens with zero attached hydrogens (tertiary/aromatic N) is 1. The third-order valence-electron chi connectivity index (χ3n) is 3.44. The first-order chi connectivity index (χ1) is 7.83. The molecule has 1 heterocycles. The molecule has 0 aromatic carbocycles. The maximum atomic E-state index is 6.12. The van der Waals surface area contributed by atoms with Crippen LogP contribution >= 0.6 is 11.8 Å². The van der Waals surface area contributed by atoms with E-state index in [1.807, 2.05) is 11.8 Å². The number of aryl methyl sites for hydroxylation is 1. The molecule has 0 bridgehead atoms. The van der Waals surface area contributed by atoms with Crippen LogP contribution in [0.25, 0.3) is 0 Å². The van der Waals surface area contributed by atoms with Crippen molar-refractivity contribution in [1.82, 2.24) is 4.57 Å². The lowest BCUT2D eigenvalue weighted by Crippen LogP contribution is -2.18. The van der Waals surface area contributed by atoms with E-state index in [1.54, 1.807) is 0 Å². The van der Waals surface area contributed by atoms with Crippen LogP contribution < -0.4 is 5.73 Å². The van der Waals surface area contributed by atoms with Gasteiger partial charge in [0.25, 0.3) is 0 Å². The van der Waals surface area contributed by atoms with Gasteiger partial charge in [-0.2, -0.15) is 11.8 Å². The molecule has 0 saturated heterocycles. The van der Waals surface area contributed by atoms with Gasteiger partial charge in [0.05, 0.1) is 0 Å². The molecule has 3 heteroatoms. The van der Waals surface area contributed by atoms with Crippen molar-refractivity contribution in [2.75, 3.05) is 12.0 Å². The van der Waals surface area contributed by atoms with Gasteiger partial charge in [0, 0.05) is 24.5 Å². The number of hydrogen-bond donors (Lipinski definition) is 1. The largest absolute Gasteiger partial charge is 0.351 e. The van der Waals surface area contributed by atoms with Crippen molar-refractivity contribution < 1.29 is 0 Å². The van der Waals surface area contributed by atoms with Crippen molar-refractivity contribution in [3.05, 3.63) is 23.5 Å². The Morgan fingerprint density at radius 1 is 1.50 bits per heavy atom. The van der Waals surface area contributed by atoms with E-state index in [-0.39, 0.29) is 6.04 Å². The number of unbranched alkanes of at least 4 members (excludes halogenated alkanes) is 1. The van der Waals surface area contributed by atoms with Gasteiger partial charge in [-0.15, -0.1) is 0 Å². The predicted octanol–water partition coefficient (Wildman–Crippen LogP) is 2.97. The fraction of sp³-hybridized carbons (Fsp3) is 0.692. The van der Waals surface area contributed by atoms with Crippen LogP contribution in [-0.2, 0) is 13.0 Å². The SMILES string of the molecule is CSCCCCn1ccc2c1CCCC2N. The minimum Gasteiger partial charge on any atom is -0.351 e. The molecule has 1 atom stereocenters. The van der Waals surface area contributed by atoms with Gasteiger partial charge >= 0.3 is 0 Å². The van der Waals surface area contributed by atoms with Gasteiger partial charge in [0.1, 0.15) is 0 Å². The summed E-state index contributed by atoms with van der Waals surface area (Å²) in [7, 11) is 0. The summed E-state index contributed by atoms with van der Waals surface area (Å²) in [5, 5.41) is 0. The van der Waals surface area contributed by atoms with E-state index < -0.39 is 0 Å². The minimum absolute atomic E-state index is 0.288. The molecule has 0 amide bonds. The van der Waals surface area contributed by atoms with E-state index in [1.165, 1.54) is 49.2 Å². The molecule has 0 fully saturated rings. The Morgan fingerprint density at radius 2 is 2.38 bits per heavy atom. The molecule has 1 aromatic rings. The number of aromatic nitrogens is 1. The standard InChI is InChI=1S/C13H22N2S/c1-16-10-3-2-8-15-9-7-11-12(14)5-4-6-13(11)15/h7,9,12H,2-6,8,10,14H2,1H3. The third kappa shape index (κ3) is 2.64. The van der Waals surface area contributed by atoms with Crippen LogP contribution in [0, 0.1) is 0 Å². The zero-order chi connectivity index (χ0) is 11.4. The molecule has 2 nitrogen and oxygen atoms in total. The molecule has 0 aliphatic heterocycles. The molecule has 0 saturated carbocycles. The fourth-order valence-corrected chi connectivity index (χ4v) is 3.02. The van der Waals surface area contributed by atoms with Crippen molar-refractivity contribution in [2.24, 2.45) is 5.73 Å². The van der Waals surface area contributed by atoms with E-state index >= 15 is 0 Å². The van der Waals surface area contributed by atoms with E-state index in [2.05, 4.69) is 23.1 Å². The van der Waals surface area contributed by atoms with Crippen LogP contribution in [0.5, 0.6) is 0 Å². The first-order valence-electron chi connectivity index (χ1n) is 6.25. The van der Waals surface area contributed by atoms with Crippen molar-refractivity contribution in [3.63, 3.8) is 0 Å². The first-order valence-corrected chi connectivity index (χ1v) is 7.64. The van der Waals surface area contributed by atoms with Gasteiger partial charge < -0.3 is 10.3 Å². The number of nitrogens with two attached hydrogens (primary N) is 1. The highest BCUT2D eigenvalue weighted by Gasteiger charge is 2.19. The Bertz CT molecular complexity index is 333. The van der Waals surface area contributed by atoms with Crippen molar-refractivity contribution in [3.8, 4) is 0 Å². The van der Waals surface area contributed by atoms with Crippen LogP contribution in [0.15, 0.2) is 12.3 Å². The second-order valence-corrected chi connectivity index (χ2v) is 5.60. The van der Waals surface area contributed by atoms with Gasteiger partial charge in [0.15, 0.2) is 0 Å². The molecule has 2 N–H and O–H groups in total. The van der Waals surface area contributed by atoms with Crippen LogP contribution in [0.3, 0.4) is 0 Å². The third-order valence-corrected chi connectivity index (χ3v) is 4.14. The summed E-state index contributed by atoms with van der Waals surface area (Å²) in [4.78, 5) is 0. The normalized spacial score (nSPS) is 19.8. The highest BCUT2D eigenvalue weighted by atomic mass is 32.2. The zero-order valence-electron chi connectivity index (χ0n) is 10.1.